The highest BCUT2D eigenvalue weighted by Crippen LogP contribution is 2.23. The number of methoxy groups -OCH3 is 1. The zero-order chi connectivity index (χ0) is 15.1. The third-order valence-electron chi connectivity index (χ3n) is 2.60. The normalized spacial score (nSPS) is 10.4. The molecule has 7 heteroatoms. The van der Waals surface area contributed by atoms with Crippen LogP contribution in [0.1, 0.15) is 5.69 Å². The molecule has 0 atom stereocenters. The van der Waals surface area contributed by atoms with E-state index in [1.54, 1.807) is 7.11 Å². The van der Waals surface area contributed by atoms with Crippen LogP contribution in [0.4, 0.5) is 10.8 Å². The van der Waals surface area contributed by atoms with Gasteiger partial charge in [0.15, 0.2) is 5.13 Å². The van der Waals surface area contributed by atoms with E-state index in [4.69, 9.17) is 16.3 Å². The van der Waals surface area contributed by atoms with Gasteiger partial charge in [-0.25, -0.2) is 4.98 Å². The minimum Gasteiger partial charge on any atom is -0.383 e. The van der Waals surface area contributed by atoms with Gasteiger partial charge < -0.3 is 15.4 Å². The molecule has 2 rings (SSSR count). The number of carbonyl (C=O) groups excluding carboxylic acids is 1. The van der Waals surface area contributed by atoms with Crippen LogP contribution in [0.5, 0.6) is 0 Å². The topological polar surface area (TPSA) is 63.2 Å². The lowest BCUT2D eigenvalue weighted by Gasteiger charge is -2.03. The summed E-state index contributed by atoms with van der Waals surface area (Å²) in [5.74, 6) is -0.0633. The van der Waals surface area contributed by atoms with Gasteiger partial charge in [-0.3, -0.25) is 4.79 Å². The maximum atomic E-state index is 11.7. The number of halogens is 1. The second-order valence-electron chi connectivity index (χ2n) is 4.30. The van der Waals surface area contributed by atoms with Crippen molar-refractivity contribution in [1.29, 1.82) is 0 Å². The third-order valence-corrected chi connectivity index (χ3v) is 3.64. The number of aromatic nitrogens is 1. The van der Waals surface area contributed by atoms with Crippen LogP contribution in [0.15, 0.2) is 29.6 Å². The molecule has 112 valence electrons. The van der Waals surface area contributed by atoms with Crippen LogP contribution in [0, 0.1) is 0 Å². The average molecular weight is 326 g/mol. The Bertz CT molecular complexity index is 603. The number of hydrogen-bond acceptors (Lipinski definition) is 5. The predicted octanol–water partition coefficient (Wildman–Crippen LogP) is 2.85. The standard InChI is InChI=1S/C14H16ClN3O2S/c1-20-6-5-16-13(19)8-12-9-21-14(18-12)17-11-4-2-3-10(15)7-11/h2-4,7,9H,5-6,8H2,1H3,(H,16,19)(H,17,18). The molecule has 0 bridgehead atoms. The zero-order valence-corrected chi connectivity index (χ0v) is 13.1. The van der Waals surface area contributed by atoms with Gasteiger partial charge in [-0.15, -0.1) is 11.3 Å². The first-order valence-corrected chi connectivity index (χ1v) is 7.66. The molecular weight excluding hydrogens is 310 g/mol. The van der Waals surface area contributed by atoms with Gasteiger partial charge in [0.1, 0.15) is 0 Å². The van der Waals surface area contributed by atoms with Crippen molar-refractivity contribution in [1.82, 2.24) is 10.3 Å². The van der Waals surface area contributed by atoms with Crippen LogP contribution in [0.25, 0.3) is 0 Å². The molecule has 2 N–H and O–H groups in total. The monoisotopic (exact) mass is 325 g/mol. The lowest BCUT2D eigenvalue weighted by Crippen LogP contribution is -2.28. The number of nitrogens with one attached hydrogen (secondary N) is 2. The van der Waals surface area contributed by atoms with Crippen molar-refractivity contribution in [3.63, 3.8) is 0 Å². The summed E-state index contributed by atoms with van der Waals surface area (Å²) in [4.78, 5) is 16.0. The molecule has 2 aromatic rings. The molecule has 1 aromatic heterocycles. The molecule has 1 heterocycles. The quantitative estimate of drug-likeness (QED) is 0.768. The summed E-state index contributed by atoms with van der Waals surface area (Å²) in [5.41, 5.74) is 1.60. The van der Waals surface area contributed by atoms with E-state index in [2.05, 4.69) is 15.6 Å². The molecule has 0 saturated heterocycles. The highest BCUT2D eigenvalue weighted by atomic mass is 35.5. The Morgan fingerprint density at radius 1 is 1.48 bits per heavy atom. The van der Waals surface area contributed by atoms with E-state index in [0.29, 0.717) is 18.2 Å². The highest BCUT2D eigenvalue weighted by molar-refractivity contribution is 7.13. The molecule has 0 spiro atoms. The lowest BCUT2D eigenvalue weighted by molar-refractivity contribution is -0.120. The summed E-state index contributed by atoms with van der Waals surface area (Å²) in [6, 6.07) is 7.40. The van der Waals surface area contributed by atoms with Gasteiger partial charge in [-0.1, -0.05) is 17.7 Å². The van der Waals surface area contributed by atoms with E-state index < -0.39 is 0 Å². The van der Waals surface area contributed by atoms with E-state index >= 15 is 0 Å². The fourth-order valence-electron chi connectivity index (χ4n) is 1.65. The average Bonchev–Trinajstić information content (AvgIpc) is 2.86. The molecular formula is C14H16ClN3O2S. The molecule has 0 saturated carbocycles. The highest BCUT2D eigenvalue weighted by Gasteiger charge is 2.07. The number of anilines is 2. The van der Waals surface area contributed by atoms with Gasteiger partial charge in [-0.2, -0.15) is 0 Å². The number of thiazole rings is 1. The summed E-state index contributed by atoms with van der Waals surface area (Å²) in [5, 5.41) is 9.18. The van der Waals surface area contributed by atoms with Crippen LogP contribution < -0.4 is 10.6 Å². The number of carbonyl (C=O) groups is 1. The number of amides is 1. The van der Waals surface area contributed by atoms with Crippen molar-refractivity contribution >= 4 is 39.7 Å². The molecule has 0 fully saturated rings. The smallest absolute Gasteiger partial charge is 0.226 e. The first-order valence-electron chi connectivity index (χ1n) is 6.40. The van der Waals surface area contributed by atoms with E-state index in [1.165, 1.54) is 11.3 Å². The second-order valence-corrected chi connectivity index (χ2v) is 5.59. The van der Waals surface area contributed by atoms with E-state index in [1.807, 2.05) is 29.6 Å². The van der Waals surface area contributed by atoms with Crippen molar-refractivity contribution in [3.05, 3.63) is 40.4 Å². The number of rotatable bonds is 7. The van der Waals surface area contributed by atoms with Crippen molar-refractivity contribution in [2.75, 3.05) is 25.6 Å². The fourth-order valence-corrected chi connectivity index (χ4v) is 2.58. The summed E-state index contributed by atoms with van der Waals surface area (Å²) < 4.78 is 4.87. The Hall–Kier alpha value is -1.63. The van der Waals surface area contributed by atoms with Gasteiger partial charge in [-0.05, 0) is 18.2 Å². The van der Waals surface area contributed by atoms with Crippen LogP contribution >= 0.6 is 22.9 Å². The van der Waals surface area contributed by atoms with Gasteiger partial charge in [0.25, 0.3) is 0 Å². The lowest BCUT2D eigenvalue weighted by atomic mass is 10.3. The minimum absolute atomic E-state index is 0.0633. The maximum absolute atomic E-state index is 11.7. The molecule has 0 radical (unpaired) electrons. The maximum Gasteiger partial charge on any atom is 0.226 e. The van der Waals surface area contributed by atoms with Gasteiger partial charge in [0, 0.05) is 29.7 Å². The first kappa shape index (κ1) is 15.8. The predicted molar refractivity (Wildman–Crippen MR) is 85.4 cm³/mol. The van der Waals surface area contributed by atoms with Crippen molar-refractivity contribution in [2.24, 2.45) is 0 Å². The van der Waals surface area contributed by atoms with Gasteiger partial charge in [0.2, 0.25) is 5.91 Å². The Labute approximate surface area is 132 Å². The van der Waals surface area contributed by atoms with Crippen molar-refractivity contribution in [2.45, 2.75) is 6.42 Å². The van der Waals surface area contributed by atoms with Crippen LogP contribution in [-0.4, -0.2) is 31.2 Å². The molecule has 0 aliphatic heterocycles. The minimum atomic E-state index is -0.0633. The molecule has 21 heavy (non-hydrogen) atoms. The van der Waals surface area contributed by atoms with E-state index in [0.717, 1.165) is 16.5 Å². The largest absolute Gasteiger partial charge is 0.383 e. The molecule has 0 unspecified atom stereocenters. The summed E-state index contributed by atoms with van der Waals surface area (Å²) in [7, 11) is 1.60. The SMILES string of the molecule is COCCNC(=O)Cc1csc(Nc2cccc(Cl)c2)n1. The summed E-state index contributed by atoms with van der Waals surface area (Å²) in [6.07, 6.45) is 0.261. The Balaban J connectivity index is 1.88. The fraction of sp³-hybridized carbons (Fsp3) is 0.286. The van der Waals surface area contributed by atoms with E-state index in [9.17, 15) is 4.79 Å². The molecule has 0 aliphatic carbocycles. The Morgan fingerprint density at radius 2 is 2.33 bits per heavy atom. The summed E-state index contributed by atoms with van der Waals surface area (Å²) in [6.45, 7) is 1.01. The zero-order valence-electron chi connectivity index (χ0n) is 11.6. The van der Waals surface area contributed by atoms with E-state index in [-0.39, 0.29) is 12.3 Å². The third kappa shape index (κ3) is 5.34. The van der Waals surface area contributed by atoms with Gasteiger partial charge in [0.05, 0.1) is 18.7 Å². The Morgan fingerprint density at radius 3 is 3.10 bits per heavy atom. The summed E-state index contributed by atoms with van der Waals surface area (Å²) >= 11 is 7.38. The molecule has 0 aliphatic rings. The van der Waals surface area contributed by atoms with Crippen LogP contribution in [0.2, 0.25) is 5.02 Å². The molecule has 1 amide bonds. The molecule has 1 aromatic carbocycles. The Kier molecular flexibility index (Phi) is 5.98. The number of ether oxygens (including phenoxy) is 1. The van der Waals surface area contributed by atoms with Gasteiger partial charge >= 0.3 is 0 Å². The van der Waals surface area contributed by atoms with Crippen LogP contribution in [-0.2, 0) is 16.0 Å². The van der Waals surface area contributed by atoms with Crippen LogP contribution in [0.3, 0.4) is 0 Å². The van der Waals surface area contributed by atoms with Crippen molar-refractivity contribution in [3.8, 4) is 0 Å². The number of benzene rings is 1. The number of nitrogens with zero attached hydrogens (tertiary/aromatic N) is 1. The first-order chi connectivity index (χ1) is 10.2. The van der Waals surface area contributed by atoms with Crippen molar-refractivity contribution < 1.29 is 9.53 Å². The molecule has 5 nitrogen and oxygen atoms in total. The second kappa shape index (κ2) is 7.97. The number of hydrogen-bond donors (Lipinski definition) is 2.